The van der Waals surface area contributed by atoms with E-state index < -0.39 is 10.8 Å². The monoisotopic (exact) mass is 457 g/mol. The Labute approximate surface area is 194 Å². The number of hydrogen-bond acceptors (Lipinski definition) is 3. The number of aromatic amines is 1. The minimum absolute atomic E-state index is 0.211. The third kappa shape index (κ3) is 3.74. The van der Waals surface area contributed by atoms with Gasteiger partial charge in [0.2, 0.25) is 0 Å². The average Bonchev–Trinajstić information content (AvgIpc) is 3.23. The maximum atomic E-state index is 13.3. The molecule has 2 N–H and O–H groups in total. The second-order valence-electron chi connectivity index (χ2n) is 7.86. The zero-order valence-electron chi connectivity index (χ0n) is 18.1. The van der Waals surface area contributed by atoms with E-state index in [-0.39, 0.29) is 11.8 Å². The van der Waals surface area contributed by atoms with Gasteiger partial charge in [0.05, 0.1) is 31.8 Å². The second kappa shape index (κ2) is 8.67. The number of carbonyl (C=O) groups excluding carboxylic acids is 2. The third-order valence-electron chi connectivity index (χ3n) is 5.95. The second-order valence-corrected chi connectivity index (χ2v) is 9.28. The third-order valence-corrected chi connectivity index (χ3v) is 7.45. The summed E-state index contributed by atoms with van der Waals surface area (Å²) in [7, 11) is -1.51. The minimum atomic E-state index is -1.51. The maximum Gasteiger partial charge on any atom is 0.259 e. The van der Waals surface area contributed by atoms with E-state index in [2.05, 4.69) is 16.4 Å². The van der Waals surface area contributed by atoms with Crippen molar-refractivity contribution in [2.45, 2.75) is 23.1 Å². The lowest BCUT2D eigenvalue weighted by molar-refractivity contribution is 0.0950. The van der Waals surface area contributed by atoms with Gasteiger partial charge in [-0.25, -0.2) is 4.21 Å². The first-order valence-corrected chi connectivity index (χ1v) is 12.0. The molecular formula is C26H23N3O3S. The molecule has 166 valence electrons. The quantitative estimate of drug-likeness (QED) is 0.469. The first kappa shape index (κ1) is 21.2. The molecule has 1 aromatic heterocycles. The molecule has 0 aliphatic carbocycles. The molecule has 2 amide bonds. The molecule has 1 aliphatic heterocycles. The molecule has 6 nitrogen and oxygen atoms in total. The van der Waals surface area contributed by atoms with Gasteiger partial charge in [0.15, 0.2) is 0 Å². The van der Waals surface area contributed by atoms with E-state index in [1.807, 2.05) is 31.3 Å². The highest BCUT2D eigenvalue weighted by Crippen LogP contribution is 2.35. The van der Waals surface area contributed by atoms with Gasteiger partial charge in [-0.1, -0.05) is 30.3 Å². The van der Waals surface area contributed by atoms with Crippen molar-refractivity contribution in [3.63, 3.8) is 0 Å². The number of aromatic nitrogens is 1. The molecule has 7 heteroatoms. The summed E-state index contributed by atoms with van der Waals surface area (Å²) in [5.74, 6) is -0.439. The first-order valence-electron chi connectivity index (χ1n) is 10.9. The molecule has 3 aromatic carbocycles. The minimum Gasteiger partial charge on any atom is -0.361 e. The zero-order valence-corrected chi connectivity index (χ0v) is 18.9. The Kier molecular flexibility index (Phi) is 5.56. The summed E-state index contributed by atoms with van der Waals surface area (Å²) >= 11 is 0. The van der Waals surface area contributed by atoms with Crippen LogP contribution in [0.1, 0.15) is 33.2 Å². The molecule has 1 aliphatic rings. The summed E-state index contributed by atoms with van der Waals surface area (Å²) in [6.45, 7) is 2.75. The molecule has 0 unspecified atom stereocenters. The summed E-state index contributed by atoms with van der Waals surface area (Å²) < 4.78 is 13.3. The molecule has 2 heterocycles. The van der Waals surface area contributed by atoms with Gasteiger partial charge in [0.1, 0.15) is 0 Å². The lowest BCUT2D eigenvalue weighted by Crippen LogP contribution is -2.31. The highest BCUT2D eigenvalue weighted by Gasteiger charge is 2.30. The van der Waals surface area contributed by atoms with E-state index in [9.17, 15) is 13.8 Å². The number of benzene rings is 3. The Hall–Kier alpha value is -3.71. The molecule has 0 saturated heterocycles. The molecule has 0 spiro atoms. The van der Waals surface area contributed by atoms with Gasteiger partial charge < -0.3 is 15.2 Å². The number of para-hydroxylation sites is 1. The summed E-state index contributed by atoms with van der Waals surface area (Å²) in [5.41, 5.74) is 3.59. The SMILES string of the molecule is CCN1C(=O)c2ccccc2[S@@](=O)c2ccc(C(=O)NCCc3c[nH]c4ccccc34)cc21. The fourth-order valence-electron chi connectivity index (χ4n) is 4.27. The van der Waals surface area contributed by atoms with Gasteiger partial charge in [-0.3, -0.25) is 9.59 Å². The smallest absolute Gasteiger partial charge is 0.259 e. The van der Waals surface area contributed by atoms with Gasteiger partial charge in [0.25, 0.3) is 11.8 Å². The van der Waals surface area contributed by atoms with E-state index in [1.54, 1.807) is 47.4 Å². The Bertz CT molecular complexity index is 1410. The first-order chi connectivity index (χ1) is 16.1. The number of nitrogens with zero attached hydrogens (tertiary/aromatic N) is 1. The standard InChI is InChI=1S/C26H23N3O3S/c1-2-29-22-15-17(11-12-24(22)33(32)23-10-6-4-8-20(23)26(29)31)25(30)27-14-13-18-16-28-21-9-5-3-7-19(18)21/h3-12,15-16,28H,2,13-14H2,1H3,(H,27,30)/t33-/m1/s1. The number of nitrogens with one attached hydrogen (secondary N) is 2. The van der Waals surface area contributed by atoms with Crippen molar-refractivity contribution in [1.82, 2.24) is 10.3 Å². The van der Waals surface area contributed by atoms with E-state index in [1.165, 1.54) is 0 Å². The topological polar surface area (TPSA) is 82.3 Å². The van der Waals surface area contributed by atoms with Gasteiger partial charge >= 0.3 is 0 Å². The fraction of sp³-hybridized carbons (Fsp3) is 0.154. The van der Waals surface area contributed by atoms with E-state index in [4.69, 9.17) is 0 Å². The van der Waals surface area contributed by atoms with Crippen LogP contribution in [-0.4, -0.2) is 34.1 Å². The van der Waals surface area contributed by atoms with Crippen molar-refractivity contribution in [2.24, 2.45) is 0 Å². The van der Waals surface area contributed by atoms with Gasteiger partial charge in [0, 0.05) is 35.8 Å². The predicted molar refractivity (Wildman–Crippen MR) is 129 cm³/mol. The predicted octanol–water partition coefficient (Wildman–Crippen LogP) is 4.29. The van der Waals surface area contributed by atoms with Crippen molar-refractivity contribution in [3.8, 4) is 0 Å². The van der Waals surface area contributed by atoms with Crippen LogP contribution in [0.4, 0.5) is 5.69 Å². The number of hydrogen-bond donors (Lipinski definition) is 2. The van der Waals surface area contributed by atoms with Crippen molar-refractivity contribution >= 4 is 39.2 Å². The molecule has 0 fully saturated rings. The lowest BCUT2D eigenvalue weighted by Gasteiger charge is -2.21. The largest absolute Gasteiger partial charge is 0.361 e. The van der Waals surface area contributed by atoms with Gasteiger partial charge in [-0.2, -0.15) is 0 Å². The maximum absolute atomic E-state index is 13.3. The van der Waals surface area contributed by atoms with Gasteiger partial charge in [-0.05, 0) is 55.3 Å². The summed E-state index contributed by atoms with van der Waals surface area (Å²) in [4.78, 5) is 31.9. The van der Waals surface area contributed by atoms with Gasteiger partial charge in [-0.15, -0.1) is 0 Å². The van der Waals surface area contributed by atoms with Crippen LogP contribution in [0.3, 0.4) is 0 Å². The van der Waals surface area contributed by atoms with Crippen LogP contribution < -0.4 is 10.2 Å². The van der Waals surface area contributed by atoms with Crippen LogP contribution in [0.2, 0.25) is 0 Å². The summed E-state index contributed by atoms with van der Waals surface area (Å²) in [6, 6.07) is 20.1. The normalized spacial score (nSPS) is 15.1. The Morgan fingerprint density at radius 2 is 1.82 bits per heavy atom. The number of rotatable bonds is 5. The molecule has 5 rings (SSSR count). The molecule has 0 saturated carbocycles. The van der Waals surface area contributed by atoms with Crippen molar-refractivity contribution in [1.29, 1.82) is 0 Å². The summed E-state index contributed by atoms with van der Waals surface area (Å²) in [6.07, 6.45) is 2.66. The fourth-order valence-corrected chi connectivity index (χ4v) is 5.61. The molecule has 4 aromatic rings. The van der Waals surface area contributed by atoms with Crippen LogP contribution in [0.5, 0.6) is 0 Å². The van der Waals surface area contributed by atoms with Crippen molar-refractivity contribution in [2.75, 3.05) is 18.0 Å². The van der Waals surface area contributed by atoms with E-state index in [0.29, 0.717) is 46.1 Å². The highest BCUT2D eigenvalue weighted by molar-refractivity contribution is 7.85. The Balaban J connectivity index is 1.38. The van der Waals surface area contributed by atoms with Crippen LogP contribution >= 0.6 is 0 Å². The van der Waals surface area contributed by atoms with E-state index >= 15 is 0 Å². The Morgan fingerprint density at radius 1 is 1.03 bits per heavy atom. The Morgan fingerprint density at radius 3 is 2.67 bits per heavy atom. The van der Waals surface area contributed by atoms with Crippen LogP contribution in [0.25, 0.3) is 10.9 Å². The van der Waals surface area contributed by atoms with Crippen LogP contribution in [0.15, 0.2) is 82.7 Å². The van der Waals surface area contributed by atoms with Crippen LogP contribution in [-0.2, 0) is 17.2 Å². The average molecular weight is 458 g/mol. The number of amides is 2. The van der Waals surface area contributed by atoms with Crippen LogP contribution in [0, 0.1) is 0 Å². The molecule has 33 heavy (non-hydrogen) atoms. The van der Waals surface area contributed by atoms with E-state index in [0.717, 1.165) is 16.5 Å². The molecule has 0 radical (unpaired) electrons. The molecule has 0 bridgehead atoms. The molecule has 1 atom stereocenters. The zero-order chi connectivity index (χ0) is 22.9. The van der Waals surface area contributed by atoms with Crippen molar-refractivity contribution < 1.29 is 13.8 Å². The number of H-pyrrole nitrogens is 1. The molecular weight excluding hydrogens is 434 g/mol. The lowest BCUT2D eigenvalue weighted by atomic mass is 10.1. The number of anilines is 1. The highest BCUT2D eigenvalue weighted by atomic mass is 32.2. The summed E-state index contributed by atoms with van der Waals surface area (Å²) in [5, 5.41) is 4.11. The number of carbonyl (C=O) groups is 2. The number of fused-ring (bicyclic) bond motifs is 3. The van der Waals surface area contributed by atoms with Crippen molar-refractivity contribution in [3.05, 3.63) is 89.6 Å².